The normalized spacial score (nSPS) is 17.4. The van der Waals surface area contributed by atoms with Crippen molar-refractivity contribution in [3.8, 4) is 0 Å². The molecule has 0 N–H and O–H groups in total. The molecule has 7 heteroatoms. The van der Waals surface area contributed by atoms with Gasteiger partial charge in [-0.25, -0.2) is 9.78 Å². The summed E-state index contributed by atoms with van der Waals surface area (Å²) < 4.78 is 35.8. The predicted octanol–water partition coefficient (Wildman–Crippen LogP) is 14.0. The van der Waals surface area contributed by atoms with E-state index in [0.29, 0.717) is 19.6 Å². The van der Waals surface area contributed by atoms with Crippen molar-refractivity contribution in [3.05, 3.63) is 323 Å². The lowest BCUT2D eigenvalue weighted by atomic mass is 9.80. The molecule has 0 aromatic heterocycles. The van der Waals surface area contributed by atoms with Crippen LogP contribution in [0.2, 0.25) is 0 Å². The molecule has 9 aromatic rings. The Hall–Kier alpha value is -7.30. The van der Waals surface area contributed by atoms with Gasteiger partial charge in [-0.05, 0) is 50.1 Å². The van der Waals surface area contributed by atoms with Crippen molar-refractivity contribution < 1.29 is 33.5 Å². The average Bonchev–Trinajstić information content (AvgIpc) is 3.47. The molecule has 1 aliphatic rings. The molecule has 7 nitrogen and oxygen atoms in total. The molecule has 0 amide bonds. The zero-order valence-electron chi connectivity index (χ0n) is 40.8. The Morgan fingerprint density at radius 2 is 0.767 bits per heavy atom. The molecule has 1 fully saturated rings. The molecule has 9 aromatic carbocycles. The highest BCUT2D eigenvalue weighted by molar-refractivity contribution is 5.49. The Morgan fingerprint density at radius 1 is 0.411 bits per heavy atom. The van der Waals surface area contributed by atoms with E-state index in [0.717, 1.165) is 50.1 Å². The zero-order valence-corrected chi connectivity index (χ0v) is 40.8. The second-order valence-electron chi connectivity index (χ2n) is 18.2. The van der Waals surface area contributed by atoms with Crippen molar-refractivity contribution >= 4 is 0 Å². The Balaban J connectivity index is 1.01. The van der Waals surface area contributed by atoms with Crippen LogP contribution in [0.5, 0.6) is 0 Å². The molecular weight excluding hydrogens is 905 g/mol. The molecule has 0 unspecified atom stereocenters. The quantitative estimate of drug-likeness (QED) is 0.0381. The largest absolute Gasteiger partial charge is 0.371 e. The van der Waals surface area contributed by atoms with Crippen LogP contribution < -0.4 is 0 Å². The van der Waals surface area contributed by atoms with Gasteiger partial charge in [0.05, 0.1) is 25.9 Å². The fourth-order valence-corrected chi connectivity index (χ4v) is 9.92. The fraction of sp³-hybridized carbons (Fsp3) is 0.182. The maximum atomic E-state index is 7.46. The highest BCUT2D eigenvalue weighted by atomic mass is 17.2. The summed E-state index contributed by atoms with van der Waals surface area (Å²) in [5.74, 6) is 0. The summed E-state index contributed by atoms with van der Waals surface area (Å²) in [4.78, 5) is 13.5. The van der Waals surface area contributed by atoms with E-state index in [-0.39, 0.29) is 13.2 Å². The van der Waals surface area contributed by atoms with Crippen LogP contribution in [-0.4, -0.2) is 37.8 Å². The standard InChI is InChI=1S/C66H60O7/c1-10-28-51(29-11-1)47-67-60-46-63(71-61(53-32-14-3-15-33-53)49-69-65(54-34-16-4-17-35-54,55-36-18-5-19-37-55)56-38-20-6-21-39-56)72-62(64(60)68-48-52-30-12-2-13-31-52)50-70-73-66(57-40-22-7-23-41-57,58-42-24-8-25-43-58)59-44-26-9-27-45-59/h1-45,60-64H,46-50H2/t60-,61-,62-,63-,64+/m0/s1. The molecule has 0 aliphatic carbocycles. The van der Waals surface area contributed by atoms with Crippen molar-refractivity contribution in [1.82, 2.24) is 0 Å². The van der Waals surface area contributed by atoms with E-state index in [4.69, 9.17) is 33.5 Å². The van der Waals surface area contributed by atoms with Gasteiger partial charge in [-0.3, -0.25) is 0 Å². The molecule has 366 valence electrons. The summed E-state index contributed by atoms with van der Waals surface area (Å²) in [5.41, 5.74) is 6.58. The fourth-order valence-electron chi connectivity index (χ4n) is 9.92. The molecule has 5 atom stereocenters. The Morgan fingerprint density at radius 3 is 1.18 bits per heavy atom. The van der Waals surface area contributed by atoms with Crippen molar-refractivity contribution in [2.75, 3.05) is 13.2 Å². The van der Waals surface area contributed by atoms with Crippen LogP contribution in [0.4, 0.5) is 0 Å². The third-order valence-electron chi connectivity index (χ3n) is 13.5. The summed E-state index contributed by atoms with van der Waals surface area (Å²) in [6.45, 7) is 0.825. The summed E-state index contributed by atoms with van der Waals surface area (Å²) in [5, 5.41) is 0. The lowest BCUT2D eigenvalue weighted by molar-refractivity contribution is -0.374. The van der Waals surface area contributed by atoms with Gasteiger partial charge in [0.25, 0.3) is 0 Å². The molecule has 0 radical (unpaired) electrons. The molecule has 0 spiro atoms. The third kappa shape index (κ3) is 11.7. The van der Waals surface area contributed by atoms with Crippen molar-refractivity contribution in [2.24, 2.45) is 0 Å². The van der Waals surface area contributed by atoms with Crippen LogP contribution in [0.25, 0.3) is 0 Å². The lowest BCUT2D eigenvalue weighted by Crippen LogP contribution is -2.53. The van der Waals surface area contributed by atoms with Crippen LogP contribution in [0.15, 0.2) is 273 Å². The van der Waals surface area contributed by atoms with E-state index in [9.17, 15) is 0 Å². The smallest absolute Gasteiger partial charge is 0.178 e. The number of benzene rings is 9. The van der Waals surface area contributed by atoms with Gasteiger partial charge in [0.2, 0.25) is 0 Å². The Labute approximate surface area is 429 Å². The summed E-state index contributed by atoms with van der Waals surface area (Å²) in [6, 6.07) is 92.3. The first-order valence-electron chi connectivity index (χ1n) is 25.1. The van der Waals surface area contributed by atoms with E-state index in [2.05, 4.69) is 146 Å². The van der Waals surface area contributed by atoms with Gasteiger partial charge in [-0.15, -0.1) is 0 Å². The van der Waals surface area contributed by atoms with Crippen LogP contribution >= 0.6 is 0 Å². The monoisotopic (exact) mass is 964 g/mol. The first-order chi connectivity index (χ1) is 36.2. The van der Waals surface area contributed by atoms with Gasteiger partial charge < -0.3 is 23.7 Å². The highest BCUT2D eigenvalue weighted by Crippen LogP contribution is 2.44. The molecule has 1 heterocycles. The van der Waals surface area contributed by atoms with Crippen molar-refractivity contribution in [3.63, 3.8) is 0 Å². The number of hydrogen-bond acceptors (Lipinski definition) is 7. The van der Waals surface area contributed by atoms with E-state index >= 15 is 0 Å². The second kappa shape index (κ2) is 24.4. The SMILES string of the molecule is c1ccc(CO[C@@H]2[C@@H](OCc3ccccc3)C[C@@H](O[C@@H](COC(c3ccccc3)(c3ccccc3)c3ccccc3)c3ccccc3)O[C@H]2COOC(c2ccccc2)(c2ccccc2)c2ccccc2)cc1. The molecule has 0 saturated carbocycles. The first kappa shape index (κ1) is 49.3. The number of ether oxygens (including phenoxy) is 5. The predicted molar refractivity (Wildman–Crippen MR) is 285 cm³/mol. The minimum Gasteiger partial charge on any atom is -0.371 e. The minimum atomic E-state index is -1.14. The second-order valence-corrected chi connectivity index (χ2v) is 18.2. The lowest BCUT2D eigenvalue weighted by Gasteiger charge is -2.43. The molecular formula is C66H60O7. The molecule has 73 heavy (non-hydrogen) atoms. The van der Waals surface area contributed by atoms with E-state index in [1.54, 1.807) is 0 Å². The van der Waals surface area contributed by atoms with Crippen LogP contribution in [0.1, 0.15) is 62.6 Å². The first-order valence-corrected chi connectivity index (χ1v) is 25.1. The maximum Gasteiger partial charge on any atom is 0.178 e. The summed E-state index contributed by atoms with van der Waals surface area (Å²) in [6.07, 6.45) is -2.83. The van der Waals surface area contributed by atoms with Gasteiger partial charge in [-0.2, -0.15) is 0 Å². The van der Waals surface area contributed by atoms with E-state index in [1.807, 2.05) is 127 Å². The highest BCUT2D eigenvalue weighted by Gasteiger charge is 2.45. The number of rotatable bonds is 22. The topological polar surface area (TPSA) is 64.6 Å². The van der Waals surface area contributed by atoms with Crippen molar-refractivity contribution in [1.29, 1.82) is 0 Å². The molecule has 0 bridgehead atoms. The Kier molecular flexibility index (Phi) is 16.5. The Bertz CT molecular complexity index is 2780. The molecule has 10 rings (SSSR count). The maximum absolute atomic E-state index is 7.46. The molecule has 1 saturated heterocycles. The van der Waals surface area contributed by atoms with Gasteiger partial charge >= 0.3 is 0 Å². The van der Waals surface area contributed by atoms with Crippen LogP contribution in [0, 0.1) is 0 Å². The third-order valence-corrected chi connectivity index (χ3v) is 13.5. The van der Waals surface area contributed by atoms with E-state index < -0.39 is 41.9 Å². The van der Waals surface area contributed by atoms with Crippen LogP contribution in [0.3, 0.4) is 0 Å². The van der Waals surface area contributed by atoms with Gasteiger partial charge in [0.15, 0.2) is 11.9 Å². The van der Waals surface area contributed by atoms with Gasteiger partial charge in [-0.1, -0.05) is 273 Å². The molecule has 1 aliphatic heterocycles. The van der Waals surface area contributed by atoms with E-state index in [1.165, 1.54) is 0 Å². The summed E-state index contributed by atoms with van der Waals surface area (Å²) in [7, 11) is 0. The minimum absolute atomic E-state index is 0.0234. The van der Waals surface area contributed by atoms with Crippen molar-refractivity contribution in [2.45, 2.75) is 61.5 Å². The van der Waals surface area contributed by atoms with Crippen LogP contribution in [-0.2, 0) is 57.9 Å². The van der Waals surface area contributed by atoms with Gasteiger partial charge in [0.1, 0.15) is 30.5 Å². The van der Waals surface area contributed by atoms with Gasteiger partial charge in [0, 0.05) is 6.42 Å². The summed E-state index contributed by atoms with van der Waals surface area (Å²) >= 11 is 0. The number of hydrogen-bond donors (Lipinski definition) is 0. The average molecular weight is 965 g/mol. The zero-order chi connectivity index (χ0) is 49.4.